The zero-order valence-corrected chi connectivity index (χ0v) is 12.6. The molecule has 0 saturated heterocycles. The Morgan fingerprint density at radius 1 is 1.17 bits per heavy atom. The summed E-state index contributed by atoms with van der Waals surface area (Å²) in [6.45, 7) is 0.0598. The third-order valence-corrected chi connectivity index (χ3v) is 4.25. The largest absolute Gasteiger partial charge is 0.302 e. The normalized spacial score (nSPS) is 11.6. The summed E-state index contributed by atoms with van der Waals surface area (Å²) >= 11 is 1.12. The number of hydrogen-bond acceptors (Lipinski definition) is 2. The Hall–Kier alpha value is -2.78. The van der Waals surface area contributed by atoms with Gasteiger partial charge in [0.25, 0.3) is 5.91 Å². The van der Waals surface area contributed by atoms with Gasteiger partial charge in [-0.1, -0.05) is 35.5 Å². The van der Waals surface area contributed by atoms with Gasteiger partial charge in [0.15, 0.2) is 4.80 Å². The van der Waals surface area contributed by atoms with Crippen LogP contribution in [0.2, 0.25) is 0 Å². The van der Waals surface area contributed by atoms with E-state index in [4.69, 9.17) is 6.42 Å². The van der Waals surface area contributed by atoms with E-state index in [2.05, 4.69) is 10.9 Å². The van der Waals surface area contributed by atoms with Gasteiger partial charge in [-0.25, -0.2) is 8.78 Å². The molecule has 0 bridgehead atoms. The van der Waals surface area contributed by atoms with Gasteiger partial charge in [0.1, 0.15) is 11.6 Å². The van der Waals surface area contributed by atoms with E-state index in [9.17, 15) is 13.6 Å². The Labute approximate surface area is 134 Å². The zero-order chi connectivity index (χ0) is 16.4. The van der Waals surface area contributed by atoms with Gasteiger partial charge in [-0.05, 0) is 24.3 Å². The van der Waals surface area contributed by atoms with Crippen LogP contribution in [0, 0.1) is 24.0 Å². The molecule has 1 amide bonds. The standard InChI is InChI=1S/C17H10F2N2OS/c1-2-10-21-15-13(19)8-5-9-14(15)23-17(21)20-16(22)11-6-3-4-7-12(11)18/h1,3-9H,10H2. The Bertz CT molecular complexity index is 1010. The van der Waals surface area contributed by atoms with Gasteiger partial charge in [0, 0.05) is 0 Å². The highest BCUT2D eigenvalue weighted by atomic mass is 32.1. The monoisotopic (exact) mass is 328 g/mol. The first kappa shape index (κ1) is 15.1. The smallest absolute Gasteiger partial charge is 0.282 e. The van der Waals surface area contributed by atoms with Crippen LogP contribution in [0.15, 0.2) is 47.5 Å². The number of aromatic nitrogens is 1. The van der Waals surface area contributed by atoms with Crippen molar-refractivity contribution in [2.45, 2.75) is 6.54 Å². The van der Waals surface area contributed by atoms with Gasteiger partial charge >= 0.3 is 0 Å². The summed E-state index contributed by atoms with van der Waals surface area (Å²) in [4.78, 5) is 16.4. The molecule has 0 N–H and O–H groups in total. The highest BCUT2D eigenvalue weighted by Crippen LogP contribution is 2.20. The van der Waals surface area contributed by atoms with Crippen molar-refractivity contribution >= 4 is 27.5 Å². The van der Waals surface area contributed by atoms with Crippen LogP contribution in [0.25, 0.3) is 10.2 Å². The van der Waals surface area contributed by atoms with E-state index in [-0.39, 0.29) is 22.4 Å². The number of nitrogens with zero attached hydrogens (tertiary/aromatic N) is 2. The quantitative estimate of drug-likeness (QED) is 0.664. The highest BCUT2D eigenvalue weighted by molar-refractivity contribution is 7.16. The molecule has 0 radical (unpaired) electrons. The van der Waals surface area contributed by atoms with Crippen LogP contribution in [-0.2, 0) is 6.54 Å². The summed E-state index contributed by atoms with van der Waals surface area (Å²) in [7, 11) is 0. The van der Waals surface area contributed by atoms with Crippen molar-refractivity contribution < 1.29 is 13.6 Å². The van der Waals surface area contributed by atoms with Crippen molar-refractivity contribution in [3.8, 4) is 12.3 Å². The molecule has 114 valence electrons. The van der Waals surface area contributed by atoms with E-state index in [0.29, 0.717) is 4.70 Å². The minimum absolute atomic E-state index is 0.0598. The van der Waals surface area contributed by atoms with Crippen LogP contribution in [-0.4, -0.2) is 10.5 Å². The molecule has 2 aromatic carbocycles. The lowest BCUT2D eigenvalue weighted by atomic mass is 10.2. The number of terminal acetylenes is 1. The number of rotatable bonds is 2. The number of fused-ring (bicyclic) bond motifs is 1. The molecule has 0 saturated carbocycles. The molecule has 3 nitrogen and oxygen atoms in total. The highest BCUT2D eigenvalue weighted by Gasteiger charge is 2.13. The lowest BCUT2D eigenvalue weighted by Gasteiger charge is -2.01. The number of amides is 1. The van der Waals surface area contributed by atoms with E-state index < -0.39 is 17.5 Å². The fourth-order valence-electron chi connectivity index (χ4n) is 2.19. The molecule has 1 heterocycles. The maximum Gasteiger partial charge on any atom is 0.282 e. The Morgan fingerprint density at radius 3 is 2.65 bits per heavy atom. The van der Waals surface area contributed by atoms with Crippen LogP contribution >= 0.6 is 11.3 Å². The molecule has 0 atom stereocenters. The SMILES string of the molecule is C#CCn1c(=NC(=O)c2ccccc2F)sc2cccc(F)c21. The summed E-state index contributed by atoms with van der Waals surface area (Å²) in [5.74, 6) is 0.571. The van der Waals surface area contributed by atoms with Crippen LogP contribution in [0.1, 0.15) is 10.4 Å². The molecule has 0 unspecified atom stereocenters. The predicted octanol–water partition coefficient (Wildman–Crippen LogP) is 3.36. The maximum absolute atomic E-state index is 14.0. The minimum atomic E-state index is -0.735. The summed E-state index contributed by atoms with van der Waals surface area (Å²) < 4.78 is 29.8. The number of thiazole rings is 1. The molecule has 0 fully saturated rings. The molecule has 6 heteroatoms. The van der Waals surface area contributed by atoms with Gasteiger partial charge in [-0.15, -0.1) is 6.42 Å². The topological polar surface area (TPSA) is 34.4 Å². The van der Waals surface area contributed by atoms with Crippen LogP contribution in [0.3, 0.4) is 0 Å². The minimum Gasteiger partial charge on any atom is -0.302 e. The second-order valence-corrected chi connectivity index (χ2v) is 5.67. The molecule has 0 spiro atoms. The summed E-state index contributed by atoms with van der Waals surface area (Å²) in [5.41, 5.74) is 0.146. The Kier molecular flexibility index (Phi) is 4.04. The third kappa shape index (κ3) is 2.79. The molecule has 0 aliphatic heterocycles. The third-order valence-electron chi connectivity index (χ3n) is 3.20. The average Bonchev–Trinajstić information content (AvgIpc) is 2.87. The molecule has 3 rings (SSSR count). The first-order valence-corrected chi connectivity index (χ1v) is 7.48. The fourth-order valence-corrected chi connectivity index (χ4v) is 3.23. The first-order valence-electron chi connectivity index (χ1n) is 6.66. The van der Waals surface area contributed by atoms with E-state index >= 15 is 0 Å². The fraction of sp³-hybridized carbons (Fsp3) is 0.0588. The molecule has 1 aromatic heterocycles. The second-order valence-electron chi connectivity index (χ2n) is 4.66. The van der Waals surface area contributed by atoms with E-state index in [1.165, 1.54) is 28.8 Å². The predicted molar refractivity (Wildman–Crippen MR) is 84.9 cm³/mol. The van der Waals surface area contributed by atoms with Crippen LogP contribution < -0.4 is 4.80 Å². The van der Waals surface area contributed by atoms with Gasteiger partial charge in [-0.3, -0.25) is 4.79 Å². The number of hydrogen-bond donors (Lipinski definition) is 0. The van der Waals surface area contributed by atoms with Crippen molar-refractivity contribution in [3.05, 3.63) is 64.5 Å². The van der Waals surface area contributed by atoms with Crippen LogP contribution in [0.5, 0.6) is 0 Å². The molecular formula is C17H10F2N2OS. The van der Waals surface area contributed by atoms with E-state index in [0.717, 1.165) is 11.3 Å². The summed E-state index contributed by atoms with van der Waals surface area (Å²) in [5, 5.41) is 0. The molecule has 3 aromatic rings. The van der Waals surface area contributed by atoms with Crippen molar-refractivity contribution in [2.24, 2.45) is 4.99 Å². The molecule has 23 heavy (non-hydrogen) atoms. The van der Waals surface area contributed by atoms with Gasteiger partial charge < -0.3 is 4.57 Å². The van der Waals surface area contributed by atoms with Crippen molar-refractivity contribution in [1.82, 2.24) is 4.57 Å². The number of carbonyl (C=O) groups excluding carboxylic acids is 1. The average molecular weight is 328 g/mol. The van der Waals surface area contributed by atoms with Crippen molar-refractivity contribution in [1.29, 1.82) is 0 Å². The molecule has 0 aliphatic carbocycles. The molecule has 0 aliphatic rings. The van der Waals surface area contributed by atoms with Crippen molar-refractivity contribution in [2.75, 3.05) is 0 Å². The van der Waals surface area contributed by atoms with E-state index in [1.807, 2.05) is 0 Å². The molecular weight excluding hydrogens is 318 g/mol. The Morgan fingerprint density at radius 2 is 1.91 bits per heavy atom. The van der Waals surface area contributed by atoms with Crippen LogP contribution in [0.4, 0.5) is 8.78 Å². The number of benzene rings is 2. The van der Waals surface area contributed by atoms with Gasteiger partial charge in [-0.2, -0.15) is 4.99 Å². The van der Waals surface area contributed by atoms with Gasteiger partial charge in [0.2, 0.25) is 0 Å². The number of halogens is 2. The first-order chi connectivity index (χ1) is 11.1. The van der Waals surface area contributed by atoms with Crippen molar-refractivity contribution in [3.63, 3.8) is 0 Å². The lowest BCUT2D eigenvalue weighted by Crippen LogP contribution is -2.17. The number of para-hydroxylation sites is 1. The summed E-state index contributed by atoms with van der Waals surface area (Å²) in [6.07, 6.45) is 5.32. The van der Waals surface area contributed by atoms with E-state index in [1.54, 1.807) is 18.2 Å². The Balaban J connectivity index is 2.22. The van der Waals surface area contributed by atoms with Gasteiger partial charge in [0.05, 0.1) is 22.3 Å². The lowest BCUT2D eigenvalue weighted by molar-refractivity contribution is 0.0994. The maximum atomic E-state index is 14.0. The summed E-state index contributed by atoms with van der Waals surface area (Å²) in [6, 6.07) is 10.2. The zero-order valence-electron chi connectivity index (χ0n) is 11.8. The second kappa shape index (κ2) is 6.15. The number of carbonyl (C=O) groups is 1.